The van der Waals surface area contributed by atoms with Crippen molar-refractivity contribution in [3.05, 3.63) is 0 Å². The molecule has 0 bridgehead atoms. The SMILES string of the molecule is CCCCOC1C(OS(=O)(=O)O)C(OC2C(COS(=O)(=O)O)OC(O)C(OS(=O)(=O)O)C2OS(=O)(=O)O)OC(C(=O)O)C1OC1OC(COS(=O)(=O)O)C(OC2OC(C(=O)O)C(OC3OC(COS(=O)(=O)O)C(OC)C(OC)C3OS(=O)(=O)O)C(OC)C2OC)C(OS(=O)(=O)O)C1OS(=O)(=O)O. The first-order valence-electron chi connectivity index (χ1n) is 27.1. The van der Waals surface area contributed by atoms with Gasteiger partial charge in [-0.25, -0.2) is 47.2 Å². The summed E-state index contributed by atoms with van der Waals surface area (Å²) in [6, 6.07) is 0. The van der Waals surface area contributed by atoms with Crippen molar-refractivity contribution < 1.29 is 246 Å². The zero-order valence-corrected chi connectivity index (χ0v) is 58.6. The molecule has 5 heterocycles. The molecular weight excluding hydrogens is 1620 g/mol. The van der Waals surface area contributed by atoms with Gasteiger partial charge in [-0.15, -0.1) is 0 Å². The van der Waals surface area contributed by atoms with Gasteiger partial charge in [0.1, 0.15) is 85.5 Å². The largest absolute Gasteiger partial charge is 0.479 e. The number of unbranched alkanes of at least 4 members (excludes halogenated alkanes) is 1. The number of aliphatic hydroxyl groups is 1. The number of ether oxygens (including phenoxy) is 14. The number of carboxylic acids is 2. The molecule has 0 amide bonds. The average molecular weight is 1690 g/mol. The molecule has 64 heteroatoms. The summed E-state index contributed by atoms with van der Waals surface area (Å²) in [6.07, 6.45) is -70.2. The second-order valence-corrected chi connectivity index (χ2v) is 30.2. The zero-order chi connectivity index (χ0) is 77.6. The third-order valence-corrected chi connectivity index (χ3v) is 18.0. The number of aliphatic carboxylic acids is 2. The maximum Gasteiger partial charge on any atom is 0.397 e. The van der Waals surface area contributed by atoms with Crippen LogP contribution in [0.5, 0.6) is 0 Å². The summed E-state index contributed by atoms with van der Waals surface area (Å²) >= 11 is 0. The van der Waals surface area contributed by atoms with Crippen molar-refractivity contribution in [2.45, 2.75) is 173 Å². The number of methoxy groups -OCH3 is 4. The van der Waals surface area contributed by atoms with Crippen molar-refractivity contribution in [2.75, 3.05) is 54.9 Å². The molecule has 25 unspecified atom stereocenters. The van der Waals surface area contributed by atoms with Crippen LogP contribution in [0.4, 0.5) is 0 Å². The Kier molecular flexibility index (Phi) is 31.4. The number of carbonyl (C=O) groups is 2. The highest BCUT2D eigenvalue weighted by molar-refractivity contribution is 7.82. The van der Waals surface area contributed by atoms with Crippen LogP contribution in [0, 0.1) is 0 Å². The van der Waals surface area contributed by atoms with Gasteiger partial charge in [0.2, 0.25) is 0 Å². The molecule has 5 aliphatic heterocycles. The topological polar surface area (TPSA) is 796 Å². The molecule has 600 valence electrons. The molecule has 12 N–H and O–H groups in total. The normalized spacial score (nSPS) is 35.9. The first-order chi connectivity index (χ1) is 46.5. The maximum atomic E-state index is 13.5. The van der Waals surface area contributed by atoms with Gasteiger partial charge in [-0.1, -0.05) is 13.3 Å². The zero-order valence-electron chi connectivity index (χ0n) is 51.3. The fourth-order valence-electron chi connectivity index (χ4n) is 10.3. The summed E-state index contributed by atoms with van der Waals surface area (Å²) in [7, 11) is -50.9. The highest BCUT2D eigenvalue weighted by atomic mass is 32.3. The fourth-order valence-corrected chi connectivity index (χ4v) is 14.2. The molecule has 55 nitrogen and oxygen atoms in total. The minimum atomic E-state index is -6.40. The molecule has 0 aromatic carbocycles. The molecule has 0 aromatic rings. The molecule has 25 atom stereocenters. The van der Waals surface area contributed by atoms with Crippen LogP contribution in [0.3, 0.4) is 0 Å². The minimum absolute atomic E-state index is 0.00766. The lowest BCUT2D eigenvalue weighted by atomic mass is 9.95. The minimum Gasteiger partial charge on any atom is -0.479 e. The van der Waals surface area contributed by atoms with E-state index in [-0.39, 0.29) is 12.8 Å². The summed E-state index contributed by atoms with van der Waals surface area (Å²) in [5.41, 5.74) is 0. The number of aliphatic hydroxyl groups excluding tert-OH is 1. The van der Waals surface area contributed by atoms with E-state index in [9.17, 15) is 142 Å². The van der Waals surface area contributed by atoms with Crippen LogP contribution in [0.1, 0.15) is 19.8 Å². The van der Waals surface area contributed by atoms with Crippen molar-refractivity contribution in [3.8, 4) is 0 Å². The lowest BCUT2D eigenvalue weighted by Gasteiger charge is -2.51. The van der Waals surface area contributed by atoms with Crippen LogP contribution < -0.4 is 0 Å². The van der Waals surface area contributed by atoms with E-state index in [2.05, 4.69) is 25.1 Å². The number of hydrogen-bond acceptors (Lipinski definition) is 44. The predicted molar refractivity (Wildman–Crippen MR) is 299 cm³/mol. The Hall–Kier alpha value is -2.83. The first kappa shape index (κ1) is 89.8. The number of rotatable bonds is 39. The quantitative estimate of drug-likeness (QED) is 0.0201. The smallest absolute Gasteiger partial charge is 0.397 e. The fraction of sp³-hybridized carbons (Fsp3) is 0.947. The van der Waals surface area contributed by atoms with Gasteiger partial charge < -0.3 is 81.6 Å². The highest BCUT2D eigenvalue weighted by Crippen LogP contribution is 2.42. The van der Waals surface area contributed by atoms with Gasteiger partial charge in [-0.2, -0.15) is 75.8 Å². The van der Waals surface area contributed by atoms with Gasteiger partial charge in [-0.3, -0.25) is 41.0 Å². The third kappa shape index (κ3) is 27.1. The first-order valence-corrected chi connectivity index (χ1v) is 39.3. The van der Waals surface area contributed by atoms with Gasteiger partial charge in [0, 0.05) is 35.0 Å². The summed E-state index contributed by atoms with van der Waals surface area (Å²) < 4.78 is 428. The van der Waals surface area contributed by atoms with Crippen molar-refractivity contribution in [1.29, 1.82) is 0 Å². The second-order valence-electron chi connectivity index (χ2n) is 20.6. The summed E-state index contributed by atoms with van der Waals surface area (Å²) in [5.74, 6) is -4.76. The van der Waals surface area contributed by atoms with Crippen LogP contribution in [-0.4, -0.2) is 352 Å². The molecule has 0 aromatic heterocycles. The van der Waals surface area contributed by atoms with Crippen LogP contribution in [0.2, 0.25) is 0 Å². The Morgan fingerprint density at radius 3 is 0.941 bits per heavy atom. The molecule has 5 rings (SSSR count). The van der Waals surface area contributed by atoms with Gasteiger partial charge >= 0.3 is 106 Å². The van der Waals surface area contributed by atoms with E-state index < -0.39 is 285 Å². The van der Waals surface area contributed by atoms with E-state index in [1.54, 1.807) is 0 Å². The van der Waals surface area contributed by atoms with Gasteiger partial charge in [0.15, 0.2) is 68.1 Å². The standard InChI is InChI=1S/C38H64O55S9/c1-6-7-8-75-20-22(26(33(41)42)87-38(30(20)92-101(65,66)67)83-16-13(10-77-95(47,48)49)79-34(43)27(90-99(59,60)61)23(16)88-97(53,54)55)85-37-31(93-102(68,69)70)24(89-98(56,57)58)17(14(81-37)11-78-96(50,51)52)82-35-28(74-5)19(73-4)21(25(86-35)32(39)40)84-36-29(91-100(62,63)64)18(72-3)15(71-2)12(80-36)9-76-94(44,45)46/h12-31,34-38,43H,6-11H2,1-5H3,(H,39,40)(H,41,42)(H,44,45,46)(H,47,48,49)(H,50,51,52)(H,53,54,55)(H,56,57,58)(H,59,60,61)(H,62,63,64)(H,65,66,67)(H,68,69,70). The number of hydrogen-bond donors (Lipinski definition) is 12. The van der Waals surface area contributed by atoms with Gasteiger partial charge in [0.25, 0.3) is 0 Å². The number of carboxylic acid groups (broad SMARTS) is 2. The van der Waals surface area contributed by atoms with Gasteiger partial charge in [0.05, 0.1) is 19.8 Å². The van der Waals surface area contributed by atoms with Crippen LogP contribution >= 0.6 is 0 Å². The van der Waals surface area contributed by atoms with Gasteiger partial charge in [-0.05, 0) is 6.42 Å². The molecule has 102 heavy (non-hydrogen) atoms. The molecule has 5 saturated heterocycles. The van der Waals surface area contributed by atoms with E-state index in [0.29, 0.717) is 7.11 Å². The van der Waals surface area contributed by atoms with Crippen molar-refractivity contribution >= 4 is 106 Å². The monoisotopic (exact) mass is 1690 g/mol. The Morgan fingerprint density at radius 1 is 0.324 bits per heavy atom. The molecule has 0 radical (unpaired) electrons. The summed E-state index contributed by atoms with van der Waals surface area (Å²) in [5, 5.41) is 32.3. The molecule has 0 saturated carbocycles. The molecule has 5 aliphatic rings. The maximum absolute atomic E-state index is 13.5. The van der Waals surface area contributed by atoms with Crippen LogP contribution in [0.25, 0.3) is 0 Å². The van der Waals surface area contributed by atoms with Crippen LogP contribution in [0.15, 0.2) is 0 Å². The lowest BCUT2D eigenvalue weighted by molar-refractivity contribution is -0.386. The van der Waals surface area contributed by atoms with Crippen molar-refractivity contribution in [2.24, 2.45) is 0 Å². The van der Waals surface area contributed by atoms with E-state index in [0.717, 1.165) is 21.3 Å². The molecule has 0 aliphatic carbocycles. The van der Waals surface area contributed by atoms with E-state index in [1.807, 2.05) is 0 Å². The Balaban J connectivity index is 1.73. The van der Waals surface area contributed by atoms with E-state index >= 15 is 0 Å². The highest BCUT2D eigenvalue weighted by Gasteiger charge is 2.63. The Morgan fingerprint density at radius 2 is 0.598 bits per heavy atom. The molecular formula is C38H64O55S9. The average Bonchev–Trinajstić information content (AvgIpc) is 0.756. The van der Waals surface area contributed by atoms with Crippen molar-refractivity contribution in [1.82, 2.24) is 0 Å². The summed E-state index contributed by atoms with van der Waals surface area (Å²) in [4.78, 5) is 26.8. The predicted octanol–water partition coefficient (Wildman–Crippen LogP) is -8.86. The summed E-state index contributed by atoms with van der Waals surface area (Å²) in [6.45, 7) is -4.53. The second kappa shape index (κ2) is 35.7. The molecule has 0 spiro atoms. The lowest BCUT2D eigenvalue weighted by Crippen LogP contribution is -2.70. The molecule has 5 fully saturated rings. The van der Waals surface area contributed by atoms with E-state index in [1.165, 1.54) is 6.92 Å². The Labute approximate surface area is 576 Å². The van der Waals surface area contributed by atoms with Crippen molar-refractivity contribution in [3.63, 3.8) is 0 Å². The van der Waals surface area contributed by atoms with Crippen LogP contribution in [-0.2, 0) is 207 Å². The third-order valence-electron chi connectivity index (χ3n) is 13.9. The van der Waals surface area contributed by atoms with E-state index in [4.69, 9.17) is 78.9 Å². The Bertz CT molecular complexity index is 3890.